The molecule has 1 atom stereocenters. The first-order valence-electron chi connectivity index (χ1n) is 6.89. The number of nitrogens with one attached hydrogen (secondary N) is 1. The van der Waals surface area contributed by atoms with Crippen molar-refractivity contribution in [2.75, 3.05) is 19.6 Å². The van der Waals surface area contributed by atoms with Gasteiger partial charge in [0.1, 0.15) is 0 Å². The fraction of sp³-hybridized carbons (Fsp3) is 0.571. The van der Waals surface area contributed by atoms with Crippen molar-refractivity contribution in [2.24, 2.45) is 0 Å². The van der Waals surface area contributed by atoms with Gasteiger partial charge in [0, 0.05) is 31.3 Å². The molecular weight excluding hydrogens is 278 g/mol. The van der Waals surface area contributed by atoms with E-state index < -0.39 is 0 Å². The average molecular weight is 300 g/mol. The lowest BCUT2D eigenvalue weighted by atomic mass is 10.1. The Morgan fingerprint density at radius 1 is 1.40 bits per heavy atom. The molecule has 0 aromatic heterocycles. The molecule has 1 aromatic rings. The minimum Gasteiger partial charge on any atom is -0.315 e. The maximum atomic E-state index is 10.6. The van der Waals surface area contributed by atoms with E-state index in [1.54, 1.807) is 12.1 Å². The molecule has 0 saturated carbocycles. The Morgan fingerprint density at radius 3 is 2.60 bits per heavy atom. The van der Waals surface area contributed by atoms with Crippen molar-refractivity contribution in [1.82, 2.24) is 10.2 Å². The van der Waals surface area contributed by atoms with Gasteiger partial charge in [-0.1, -0.05) is 19.1 Å². The number of benzene rings is 1. The van der Waals surface area contributed by atoms with Crippen LogP contribution in [-0.2, 0) is 6.54 Å². The molecule has 0 spiro atoms. The topological polar surface area (TPSA) is 58.4 Å². The second-order valence-corrected chi connectivity index (χ2v) is 5.04. The molecule has 1 saturated heterocycles. The first-order chi connectivity index (χ1) is 9.20. The maximum Gasteiger partial charge on any atom is 0.269 e. The van der Waals surface area contributed by atoms with E-state index >= 15 is 0 Å². The van der Waals surface area contributed by atoms with Crippen LogP contribution >= 0.6 is 12.4 Å². The van der Waals surface area contributed by atoms with E-state index in [-0.39, 0.29) is 23.0 Å². The summed E-state index contributed by atoms with van der Waals surface area (Å²) < 4.78 is 0. The highest BCUT2D eigenvalue weighted by Gasteiger charge is 2.21. The van der Waals surface area contributed by atoms with Gasteiger partial charge in [-0.15, -0.1) is 12.4 Å². The van der Waals surface area contributed by atoms with Gasteiger partial charge in [-0.2, -0.15) is 0 Å². The molecule has 112 valence electrons. The molecule has 1 unspecified atom stereocenters. The van der Waals surface area contributed by atoms with Gasteiger partial charge in [-0.3, -0.25) is 15.0 Å². The van der Waals surface area contributed by atoms with Gasteiger partial charge in [0.15, 0.2) is 0 Å². The number of hydrogen-bond acceptors (Lipinski definition) is 4. The van der Waals surface area contributed by atoms with E-state index in [0.717, 1.165) is 38.2 Å². The predicted octanol–water partition coefficient (Wildman–Crippen LogP) is 2.59. The lowest BCUT2D eigenvalue weighted by Crippen LogP contribution is -2.36. The standard InChI is InChI=1S/C14H21N3O2.ClH/c1-2-9-16(14-7-8-15-10-14)11-12-3-5-13(6-4-12)17(18)19;/h3-6,14-15H,2,7-11H2,1H3;1H. The Kier molecular flexibility index (Phi) is 6.91. The summed E-state index contributed by atoms with van der Waals surface area (Å²) >= 11 is 0. The van der Waals surface area contributed by atoms with Crippen LogP contribution in [0.25, 0.3) is 0 Å². The van der Waals surface area contributed by atoms with Gasteiger partial charge in [-0.25, -0.2) is 0 Å². The number of nitro benzene ring substituents is 1. The Bertz CT molecular complexity index is 419. The number of non-ortho nitro benzene ring substituents is 1. The van der Waals surface area contributed by atoms with Gasteiger partial charge in [0.05, 0.1) is 4.92 Å². The van der Waals surface area contributed by atoms with Crippen LogP contribution in [0.4, 0.5) is 5.69 Å². The smallest absolute Gasteiger partial charge is 0.269 e. The zero-order valence-corrected chi connectivity index (χ0v) is 12.6. The molecule has 0 radical (unpaired) electrons. The second-order valence-electron chi connectivity index (χ2n) is 5.04. The van der Waals surface area contributed by atoms with E-state index in [1.165, 1.54) is 6.42 Å². The van der Waals surface area contributed by atoms with Crippen molar-refractivity contribution in [3.05, 3.63) is 39.9 Å². The largest absolute Gasteiger partial charge is 0.315 e. The quantitative estimate of drug-likeness (QED) is 0.648. The van der Waals surface area contributed by atoms with Crippen molar-refractivity contribution in [1.29, 1.82) is 0 Å². The summed E-state index contributed by atoms with van der Waals surface area (Å²) in [5.41, 5.74) is 1.30. The normalized spacial score (nSPS) is 18.0. The van der Waals surface area contributed by atoms with Gasteiger partial charge in [0.25, 0.3) is 5.69 Å². The Balaban J connectivity index is 0.00000200. The number of hydrogen-bond donors (Lipinski definition) is 1. The molecule has 5 nitrogen and oxygen atoms in total. The van der Waals surface area contributed by atoms with Crippen LogP contribution in [0.15, 0.2) is 24.3 Å². The third-order valence-electron chi connectivity index (χ3n) is 3.59. The van der Waals surface area contributed by atoms with Crippen LogP contribution < -0.4 is 5.32 Å². The summed E-state index contributed by atoms with van der Waals surface area (Å²) in [5, 5.41) is 14.0. The van der Waals surface area contributed by atoms with E-state index in [9.17, 15) is 10.1 Å². The van der Waals surface area contributed by atoms with Crippen molar-refractivity contribution in [2.45, 2.75) is 32.4 Å². The van der Waals surface area contributed by atoms with Crippen molar-refractivity contribution >= 4 is 18.1 Å². The van der Waals surface area contributed by atoms with Crippen molar-refractivity contribution in [3.63, 3.8) is 0 Å². The van der Waals surface area contributed by atoms with Crippen LogP contribution in [0, 0.1) is 10.1 Å². The molecule has 1 fully saturated rings. The monoisotopic (exact) mass is 299 g/mol. The molecule has 1 aliphatic heterocycles. The highest BCUT2D eigenvalue weighted by atomic mass is 35.5. The van der Waals surface area contributed by atoms with Crippen LogP contribution in [0.5, 0.6) is 0 Å². The Hall–Kier alpha value is -1.17. The second kappa shape index (κ2) is 8.19. The molecular formula is C14H22ClN3O2. The molecule has 0 amide bonds. The highest BCUT2D eigenvalue weighted by molar-refractivity contribution is 5.85. The number of halogens is 1. The predicted molar refractivity (Wildman–Crippen MR) is 82.3 cm³/mol. The molecule has 0 aliphatic carbocycles. The summed E-state index contributed by atoms with van der Waals surface area (Å²) in [5.74, 6) is 0. The van der Waals surface area contributed by atoms with E-state index in [2.05, 4.69) is 17.1 Å². The minimum atomic E-state index is -0.353. The van der Waals surface area contributed by atoms with Gasteiger partial charge in [0.2, 0.25) is 0 Å². The molecule has 1 heterocycles. The fourth-order valence-corrected chi connectivity index (χ4v) is 2.59. The fourth-order valence-electron chi connectivity index (χ4n) is 2.59. The van der Waals surface area contributed by atoms with Crippen molar-refractivity contribution < 1.29 is 4.92 Å². The highest BCUT2D eigenvalue weighted by Crippen LogP contribution is 2.17. The van der Waals surface area contributed by atoms with E-state index in [4.69, 9.17) is 0 Å². The SMILES string of the molecule is CCCN(Cc1ccc([N+](=O)[O-])cc1)C1CCNC1.Cl. The lowest BCUT2D eigenvalue weighted by molar-refractivity contribution is -0.384. The Morgan fingerprint density at radius 2 is 2.10 bits per heavy atom. The zero-order chi connectivity index (χ0) is 13.7. The summed E-state index contributed by atoms with van der Waals surface area (Å²) in [6.45, 7) is 6.27. The summed E-state index contributed by atoms with van der Waals surface area (Å²) in [6.07, 6.45) is 2.32. The summed E-state index contributed by atoms with van der Waals surface area (Å²) in [7, 11) is 0. The van der Waals surface area contributed by atoms with E-state index in [0.29, 0.717) is 6.04 Å². The average Bonchev–Trinajstić information content (AvgIpc) is 2.92. The lowest BCUT2D eigenvalue weighted by Gasteiger charge is -2.27. The van der Waals surface area contributed by atoms with Crippen LogP contribution in [-0.4, -0.2) is 35.5 Å². The van der Waals surface area contributed by atoms with Crippen LogP contribution in [0.1, 0.15) is 25.3 Å². The summed E-state index contributed by atoms with van der Waals surface area (Å²) in [6, 6.07) is 7.50. The first-order valence-corrected chi connectivity index (χ1v) is 6.89. The molecule has 1 N–H and O–H groups in total. The summed E-state index contributed by atoms with van der Waals surface area (Å²) in [4.78, 5) is 12.8. The first kappa shape index (κ1) is 16.9. The molecule has 6 heteroatoms. The van der Waals surface area contributed by atoms with Gasteiger partial charge >= 0.3 is 0 Å². The number of rotatable bonds is 6. The minimum absolute atomic E-state index is 0. The van der Waals surface area contributed by atoms with Crippen LogP contribution in [0.2, 0.25) is 0 Å². The van der Waals surface area contributed by atoms with E-state index in [1.807, 2.05) is 12.1 Å². The zero-order valence-electron chi connectivity index (χ0n) is 11.7. The molecule has 0 bridgehead atoms. The van der Waals surface area contributed by atoms with Crippen LogP contribution in [0.3, 0.4) is 0 Å². The maximum absolute atomic E-state index is 10.6. The molecule has 2 rings (SSSR count). The van der Waals surface area contributed by atoms with Gasteiger partial charge in [-0.05, 0) is 31.5 Å². The Labute approximate surface area is 125 Å². The van der Waals surface area contributed by atoms with Crippen molar-refractivity contribution in [3.8, 4) is 0 Å². The van der Waals surface area contributed by atoms with Gasteiger partial charge < -0.3 is 5.32 Å². The molecule has 1 aliphatic rings. The molecule has 20 heavy (non-hydrogen) atoms. The molecule has 1 aromatic carbocycles. The number of nitrogens with zero attached hydrogens (tertiary/aromatic N) is 2. The number of nitro groups is 1. The third-order valence-corrected chi connectivity index (χ3v) is 3.59. The third kappa shape index (κ3) is 4.44.